The minimum Gasteiger partial charge on any atom is -0.465 e. The highest BCUT2D eigenvalue weighted by Gasteiger charge is 2.29. The summed E-state index contributed by atoms with van der Waals surface area (Å²) in [6.45, 7) is 1.16. The molecule has 1 aromatic carbocycles. The Hall–Kier alpha value is -1.86. The van der Waals surface area contributed by atoms with Crippen molar-refractivity contribution in [1.29, 1.82) is 0 Å². The highest BCUT2D eigenvalue weighted by molar-refractivity contribution is 6.34. The van der Waals surface area contributed by atoms with E-state index in [0.717, 1.165) is 12.5 Å². The zero-order valence-corrected chi connectivity index (χ0v) is 12.2. The first-order valence-corrected chi connectivity index (χ1v) is 6.77. The lowest BCUT2D eigenvalue weighted by Crippen LogP contribution is -2.22. The summed E-state index contributed by atoms with van der Waals surface area (Å²) >= 11 is 6.03. The first-order valence-electron chi connectivity index (χ1n) is 6.40. The molecule has 0 bridgehead atoms. The van der Waals surface area contributed by atoms with Crippen molar-refractivity contribution in [1.82, 2.24) is 0 Å². The van der Waals surface area contributed by atoms with Crippen molar-refractivity contribution in [2.24, 2.45) is 5.92 Å². The zero-order chi connectivity index (χ0) is 15.6. The van der Waals surface area contributed by atoms with Crippen molar-refractivity contribution in [3.8, 4) is 0 Å². The maximum Gasteiger partial charge on any atom is 0.339 e. The van der Waals surface area contributed by atoms with Crippen LogP contribution in [-0.4, -0.2) is 42.8 Å². The maximum atomic E-state index is 11.6. The number of aliphatic hydroxyl groups excluding tert-OH is 1. The smallest absolute Gasteiger partial charge is 0.339 e. The molecule has 0 amide bonds. The fraction of sp³-hybridized carbons (Fsp3) is 0.462. The third kappa shape index (κ3) is 3.08. The Morgan fingerprint density at radius 1 is 1.62 bits per heavy atom. The summed E-state index contributed by atoms with van der Waals surface area (Å²) in [6.07, 6.45) is 0.754. The molecule has 1 aliphatic rings. The number of nitro benzene ring substituents is 1. The van der Waals surface area contributed by atoms with E-state index in [0.29, 0.717) is 18.8 Å². The number of aliphatic hydroxyl groups is 1. The molecule has 21 heavy (non-hydrogen) atoms. The van der Waals surface area contributed by atoms with Crippen molar-refractivity contribution in [3.63, 3.8) is 0 Å². The number of nitro groups is 1. The number of hydrogen-bond acceptors (Lipinski definition) is 6. The fourth-order valence-electron chi connectivity index (χ4n) is 2.42. The number of hydrogen-bond donors (Lipinski definition) is 1. The Labute approximate surface area is 126 Å². The van der Waals surface area contributed by atoms with Crippen molar-refractivity contribution in [2.45, 2.75) is 6.42 Å². The average Bonchev–Trinajstić information content (AvgIpc) is 2.94. The first kappa shape index (κ1) is 15.5. The summed E-state index contributed by atoms with van der Waals surface area (Å²) in [7, 11) is 1.19. The second-order valence-electron chi connectivity index (χ2n) is 4.85. The molecule has 8 heteroatoms. The highest BCUT2D eigenvalue weighted by atomic mass is 35.5. The van der Waals surface area contributed by atoms with Crippen LogP contribution in [-0.2, 0) is 4.74 Å². The molecule has 0 aliphatic carbocycles. The topological polar surface area (TPSA) is 92.9 Å². The quantitative estimate of drug-likeness (QED) is 0.518. The molecule has 1 unspecified atom stereocenters. The molecule has 1 aromatic rings. The van der Waals surface area contributed by atoms with Crippen LogP contribution in [0.5, 0.6) is 0 Å². The van der Waals surface area contributed by atoms with E-state index in [1.54, 1.807) is 4.90 Å². The van der Waals surface area contributed by atoms with E-state index in [1.807, 2.05) is 0 Å². The second kappa shape index (κ2) is 6.28. The molecule has 0 saturated carbocycles. The molecule has 114 valence electrons. The number of carbonyl (C=O) groups excluding carboxylic acids is 1. The van der Waals surface area contributed by atoms with E-state index in [1.165, 1.54) is 13.2 Å². The summed E-state index contributed by atoms with van der Waals surface area (Å²) in [5, 5.41) is 20.5. The largest absolute Gasteiger partial charge is 0.465 e. The number of nitrogens with zero attached hydrogens (tertiary/aromatic N) is 2. The molecule has 1 aliphatic heterocycles. The van der Waals surface area contributed by atoms with Gasteiger partial charge in [0, 0.05) is 31.7 Å². The summed E-state index contributed by atoms with van der Waals surface area (Å²) in [5.41, 5.74) is 0.125. The van der Waals surface area contributed by atoms with E-state index >= 15 is 0 Å². The predicted octanol–water partition coefficient (Wildman–Crippen LogP) is 1.85. The Balaban J connectivity index is 2.44. The Morgan fingerprint density at radius 3 is 2.86 bits per heavy atom. The molecule has 1 atom stereocenters. The minimum absolute atomic E-state index is 0.0347. The van der Waals surface area contributed by atoms with Crippen LogP contribution in [0.15, 0.2) is 12.1 Å². The van der Waals surface area contributed by atoms with Crippen LogP contribution in [0.1, 0.15) is 16.8 Å². The van der Waals surface area contributed by atoms with Gasteiger partial charge >= 0.3 is 5.97 Å². The highest BCUT2D eigenvalue weighted by Crippen LogP contribution is 2.36. The van der Waals surface area contributed by atoms with Crippen molar-refractivity contribution >= 4 is 28.9 Å². The van der Waals surface area contributed by atoms with Gasteiger partial charge in [-0.3, -0.25) is 10.1 Å². The van der Waals surface area contributed by atoms with E-state index < -0.39 is 10.9 Å². The van der Waals surface area contributed by atoms with E-state index in [-0.39, 0.29) is 28.8 Å². The van der Waals surface area contributed by atoms with Gasteiger partial charge in [0.25, 0.3) is 5.69 Å². The Kier molecular flexibility index (Phi) is 4.64. The normalized spacial score (nSPS) is 17.9. The van der Waals surface area contributed by atoms with Gasteiger partial charge < -0.3 is 14.7 Å². The molecular formula is C13H15ClN2O5. The van der Waals surface area contributed by atoms with Gasteiger partial charge in [-0.2, -0.15) is 0 Å². The van der Waals surface area contributed by atoms with E-state index in [4.69, 9.17) is 16.7 Å². The molecule has 0 aromatic heterocycles. The summed E-state index contributed by atoms with van der Waals surface area (Å²) in [6, 6.07) is 2.54. The molecule has 7 nitrogen and oxygen atoms in total. The molecule has 0 spiro atoms. The Bertz CT molecular complexity index is 578. The number of ether oxygens (including phenoxy) is 1. The molecule has 1 fully saturated rings. The zero-order valence-electron chi connectivity index (χ0n) is 11.4. The summed E-state index contributed by atoms with van der Waals surface area (Å²) < 4.78 is 4.56. The van der Waals surface area contributed by atoms with Gasteiger partial charge in [0.2, 0.25) is 0 Å². The number of benzene rings is 1. The molecule has 0 radical (unpaired) electrons. The number of esters is 1. The monoisotopic (exact) mass is 314 g/mol. The van der Waals surface area contributed by atoms with Crippen LogP contribution in [0.4, 0.5) is 11.4 Å². The predicted molar refractivity (Wildman–Crippen MR) is 76.9 cm³/mol. The third-order valence-electron chi connectivity index (χ3n) is 3.55. The van der Waals surface area contributed by atoms with Crippen LogP contribution in [0, 0.1) is 16.0 Å². The van der Waals surface area contributed by atoms with Gasteiger partial charge in [-0.05, 0) is 12.5 Å². The standard InChI is InChI=1S/C13H15ClN2O5/c1-21-13(18)9-4-12(16(19)20)11(5-10(9)14)15-3-2-8(6-15)7-17/h4-5,8,17H,2-3,6-7H2,1H3. The van der Waals surface area contributed by atoms with Crippen molar-refractivity contribution < 1.29 is 19.6 Å². The number of carbonyl (C=O) groups is 1. The van der Waals surface area contributed by atoms with Gasteiger partial charge in [0.05, 0.1) is 22.6 Å². The van der Waals surface area contributed by atoms with Crippen molar-refractivity contribution in [3.05, 3.63) is 32.8 Å². The van der Waals surface area contributed by atoms with E-state index in [2.05, 4.69) is 4.74 Å². The number of anilines is 1. The lowest BCUT2D eigenvalue weighted by Gasteiger charge is -2.19. The lowest BCUT2D eigenvalue weighted by atomic mass is 10.1. The maximum absolute atomic E-state index is 11.6. The van der Waals surface area contributed by atoms with Gasteiger partial charge in [-0.25, -0.2) is 4.79 Å². The van der Waals surface area contributed by atoms with Crippen molar-refractivity contribution in [2.75, 3.05) is 31.7 Å². The minimum atomic E-state index is -0.718. The molecule has 1 heterocycles. The van der Waals surface area contributed by atoms with E-state index in [9.17, 15) is 14.9 Å². The molecular weight excluding hydrogens is 300 g/mol. The number of methoxy groups -OCH3 is 1. The number of rotatable bonds is 4. The van der Waals surface area contributed by atoms with Crippen LogP contribution in [0.2, 0.25) is 5.02 Å². The summed E-state index contributed by atoms with van der Waals surface area (Å²) in [5.74, 6) is -0.632. The molecule has 2 rings (SSSR count). The summed E-state index contributed by atoms with van der Waals surface area (Å²) in [4.78, 5) is 24.0. The first-order chi connectivity index (χ1) is 9.97. The SMILES string of the molecule is COC(=O)c1cc([N+](=O)[O-])c(N2CCC(CO)C2)cc1Cl. The van der Waals surface area contributed by atoms with Crippen LogP contribution in [0.25, 0.3) is 0 Å². The lowest BCUT2D eigenvalue weighted by molar-refractivity contribution is -0.384. The van der Waals surface area contributed by atoms with Crippen LogP contribution in [0.3, 0.4) is 0 Å². The molecule has 1 N–H and O–H groups in total. The molecule has 1 saturated heterocycles. The van der Waals surface area contributed by atoms with Crippen LogP contribution < -0.4 is 4.90 Å². The van der Waals surface area contributed by atoms with Gasteiger partial charge in [0.15, 0.2) is 0 Å². The van der Waals surface area contributed by atoms with Gasteiger partial charge in [-0.15, -0.1) is 0 Å². The van der Waals surface area contributed by atoms with Crippen LogP contribution >= 0.6 is 11.6 Å². The third-order valence-corrected chi connectivity index (χ3v) is 3.86. The fourth-order valence-corrected chi connectivity index (χ4v) is 2.65. The Morgan fingerprint density at radius 2 is 2.33 bits per heavy atom. The van der Waals surface area contributed by atoms with Gasteiger partial charge in [0.1, 0.15) is 5.69 Å². The van der Waals surface area contributed by atoms with Gasteiger partial charge in [-0.1, -0.05) is 11.6 Å². The second-order valence-corrected chi connectivity index (χ2v) is 5.26. The number of halogens is 1. The average molecular weight is 315 g/mol.